The molecule has 1 aromatic carbocycles. The molecule has 0 spiro atoms. The Morgan fingerprint density at radius 3 is 2.62 bits per heavy atom. The Morgan fingerprint density at radius 1 is 1.12 bits per heavy atom. The molecule has 0 bridgehead atoms. The predicted octanol–water partition coefficient (Wildman–Crippen LogP) is 2.90. The fraction of sp³-hybridized carbons (Fsp3) is 0.250. The zero-order chi connectivity index (χ0) is 23.0. The third kappa shape index (κ3) is 3.68. The Morgan fingerprint density at radius 2 is 1.91 bits per heavy atom. The summed E-state index contributed by atoms with van der Waals surface area (Å²) in [6, 6.07) is 1.42. The van der Waals surface area contributed by atoms with E-state index in [2.05, 4.69) is 5.32 Å². The van der Waals surface area contributed by atoms with Crippen LogP contribution in [0, 0.1) is 0 Å². The fourth-order valence-corrected chi connectivity index (χ4v) is 3.39. The lowest BCUT2D eigenvalue weighted by Crippen LogP contribution is -2.50. The summed E-state index contributed by atoms with van der Waals surface area (Å²) < 4.78 is 61.3. The second-order valence-electron chi connectivity index (χ2n) is 6.74. The molecule has 32 heavy (non-hydrogen) atoms. The lowest BCUT2D eigenvalue weighted by atomic mass is 9.95. The number of rotatable bonds is 5. The zero-order valence-corrected chi connectivity index (χ0v) is 16.4. The monoisotopic (exact) mass is 452 g/mol. The number of methoxy groups -OCH3 is 1. The Hall–Kier alpha value is -3.80. The summed E-state index contributed by atoms with van der Waals surface area (Å²) in [5, 5.41) is 4.27. The summed E-state index contributed by atoms with van der Waals surface area (Å²) in [6.07, 6.45) is -2.81. The number of nitrogens with one attached hydrogen (secondary N) is 2. The van der Waals surface area contributed by atoms with Gasteiger partial charge in [-0.1, -0.05) is 0 Å². The number of benzene rings is 1. The van der Waals surface area contributed by atoms with Crippen LogP contribution in [0.5, 0.6) is 0 Å². The molecule has 0 radical (unpaired) electrons. The molecule has 1 atom stereocenters. The number of hydrogen-bond donors (Lipinski definition) is 2. The Labute approximate surface area is 176 Å². The summed E-state index contributed by atoms with van der Waals surface area (Å²) in [4.78, 5) is 37.7. The van der Waals surface area contributed by atoms with Crippen LogP contribution in [0.3, 0.4) is 0 Å². The number of furan rings is 1. The second kappa shape index (κ2) is 8.04. The number of fused-ring (bicyclic) bond motifs is 3. The molecule has 1 aliphatic heterocycles. The minimum atomic E-state index is -5.11. The van der Waals surface area contributed by atoms with E-state index in [0.29, 0.717) is 11.0 Å². The Balaban J connectivity index is 1.89. The average molecular weight is 452 g/mol. The number of alkyl halides is 3. The van der Waals surface area contributed by atoms with Crippen LogP contribution in [0.15, 0.2) is 55.6 Å². The highest BCUT2D eigenvalue weighted by atomic mass is 19.4. The molecule has 12 heteroatoms. The molecule has 4 rings (SSSR count). The highest BCUT2D eigenvalue weighted by Crippen LogP contribution is 2.35. The van der Waals surface area contributed by atoms with Crippen molar-refractivity contribution in [1.82, 2.24) is 10.6 Å². The number of allylic oxidation sites excluding steroid dienone is 1. The first kappa shape index (κ1) is 21.4. The van der Waals surface area contributed by atoms with Gasteiger partial charge in [0.25, 0.3) is 0 Å². The van der Waals surface area contributed by atoms with Gasteiger partial charge in [-0.3, -0.25) is 4.79 Å². The highest BCUT2D eigenvalue weighted by molar-refractivity contribution is 6.02. The van der Waals surface area contributed by atoms with E-state index in [-0.39, 0.29) is 29.7 Å². The molecule has 0 fully saturated rings. The minimum absolute atomic E-state index is 0.0323. The van der Waals surface area contributed by atoms with Gasteiger partial charge in [0.2, 0.25) is 0 Å². The number of hydrogen-bond acceptors (Lipinski definition) is 7. The average Bonchev–Trinajstić information content (AvgIpc) is 3.22. The van der Waals surface area contributed by atoms with Crippen LogP contribution in [0.25, 0.3) is 21.9 Å². The Bertz CT molecular complexity index is 1310. The number of carbonyl (C=O) groups excluding carboxylic acids is 2. The maximum atomic E-state index is 13.7. The van der Waals surface area contributed by atoms with E-state index in [1.54, 1.807) is 11.4 Å². The lowest BCUT2D eigenvalue weighted by Gasteiger charge is -2.29. The van der Waals surface area contributed by atoms with E-state index < -0.39 is 40.9 Å². The topological polar surface area (TPSA) is 120 Å². The molecule has 1 unspecified atom stereocenters. The molecule has 3 heterocycles. The van der Waals surface area contributed by atoms with E-state index >= 15 is 0 Å². The molecule has 0 saturated heterocycles. The summed E-state index contributed by atoms with van der Waals surface area (Å²) >= 11 is 0. The molecule has 3 aromatic rings. The van der Waals surface area contributed by atoms with Crippen LogP contribution in [0.1, 0.15) is 11.6 Å². The third-order valence-corrected chi connectivity index (χ3v) is 4.80. The van der Waals surface area contributed by atoms with Crippen LogP contribution < -0.4 is 16.1 Å². The second-order valence-corrected chi connectivity index (χ2v) is 6.74. The molecule has 0 aliphatic carbocycles. The van der Waals surface area contributed by atoms with Gasteiger partial charge in [-0.25, -0.2) is 9.59 Å². The van der Waals surface area contributed by atoms with Crippen LogP contribution in [-0.4, -0.2) is 38.5 Å². The van der Waals surface area contributed by atoms with Crippen LogP contribution in [0.2, 0.25) is 0 Å². The van der Waals surface area contributed by atoms with Crippen molar-refractivity contribution in [2.24, 2.45) is 0 Å². The smallest absolute Gasteiger partial charge is 0.432 e. The number of esters is 1. The van der Waals surface area contributed by atoms with Crippen molar-refractivity contribution >= 4 is 33.9 Å². The number of amides is 2. The van der Waals surface area contributed by atoms with Crippen LogP contribution in [0.4, 0.5) is 18.0 Å². The quantitative estimate of drug-likeness (QED) is 0.451. The maximum absolute atomic E-state index is 13.7. The van der Waals surface area contributed by atoms with Crippen LogP contribution in [-0.2, 0) is 14.3 Å². The van der Waals surface area contributed by atoms with E-state index in [0.717, 1.165) is 6.26 Å². The van der Waals surface area contributed by atoms with Gasteiger partial charge < -0.3 is 28.9 Å². The third-order valence-electron chi connectivity index (χ3n) is 4.80. The molecule has 1 aliphatic rings. The first-order valence-corrected chi connectivity index (χ1v) is 9.19. The van der Waals surface area contributed by atoms with E-state index in [4.69, 9.17) is 18.3 Å². The predicted molar refractivity (Wildman–Crippen MR) is 103 cm³/mol. The highest BCUT2D eigenvalue weighted by Gasteiger charge is 2.46. The molecular formula is C20H15F3N2O7. The lowest BCUT2D eigenvalue weighted by molar-refractivity contribution is -0.142. The maximum Gasteiger partial charge on any atom is 0.432 e. The van der Waals surface area contributed by atoms with Gasteiger partial charge in [0, 0.05) is 7.11 Å². The normalized spacial score (nSPS) is 16.9. The van der Waals surface area contributed by atoms with E-state index in [9.17, 15) is 27.6 Å². The SMILES string of the molecule is COCCOC(=O)C1=C(C(F)(F)F)NC(=O)NC1c1coc2c(ccc3occc32)c1=O. The van der Waals surface area contributed by atoms with Gasteiger partial charge in [-0.05, 0) is 18.2 Å². The van der Waals surface area contributed by atoms with E-state index in [1.807, 2.05) is 0 Å². The van der Waals surface area contributed by atoms with E-state index in [1.165, 1.54) is 25.5 Å². The summed E-state index contributed by atoms with van der Waals surface area (Å²) in [7, 11) is 1.32. The summed E-state index contributed by atoms with van der Waals surface area (Å²) in [5.74, 6) is -1.38. The van der Waals surface area contributed by atoms with Gasteiger partial charge in [0.05, 0.1) is 40.8 Å². The van der Waals surface area contributed by atoms with Gasteiger partial charge in [-0.2, -0.15) is 13.2 Å². The van der Waals surface area contributed by atoms with Crippen molar-refractivity contribution < 1.29 is 41.1 Å². The van der Waals surface area contributed by atoms with Gasteiger partial charge in [0.15, 0.2) is 5.43 Å². The standard InChI is InChI=1S/C20H15F3N2O7/c1-29-6-7-31-18(27)13-14(24-19(28)25-17(13)20(21,22)23)11-8-32-16-9-4-5-30-12(9)3-2-10(16)15(11)26/h2-5,8,14H,6-7H2,1H3,(H2,24,25,28). The zero-order valence-electron chi connectivity index (χ0n) is 16.4. The van der Waals surface area contributed by atoms with Crippen molar-refractivity contribution in [1.29, 1.82) is 0 Å². The molecule has 2 aromatic heterocycles. The van der Waals surface area contributed by atoms with Gasteiger partial charge >= 0.3 is 18.2 Å². The van der Waals surface area contributed by atoms with Crippen molar-refractivity contribution in [2.75, 3.05) is 20.3 Å². The van der Waals surface area contributed by atoms with Gasteiger partial charge in [-0.15, -0.1) is 0 Å². The van der Waals surface area contributed by atoms with Crippen molar-refractivity contribution in [3.63, 3.8) is 0 Å². The number of carbonyl (C=O) groups is 2. The van der Waals surface area contributed by atoms with Crippen molar-refractivity contribution in [3.8, 4) is 0 Å². The molecule has 2 N–H and O–H groups in total. The van der Waals surface area contributed by atoms with Gasteiger partial charge in [0.1, 0.15) is 29.7 Å². The largest absolute Gasteiger partial charge is 0.464 e. The summed E-state index contributed by atoms with van der Waals surface area (Å²) in [6.45, 7) is -0.404. The molecule has 168 valence electrons. The van der Waals surface area contributed by atoms with Crippen LogP contribution >= 0.6 is 0 Å². The molecular weight excluding hydrogens is 437 g/mol. The summed E-state index contributed by atoms with van der Waals surface area (Å²) in [5.41, 5.74) is -3.14. The first-order chi connectivity index (χ1) is 15.2. The number of urea groups is 1. The fourth-order valence-electron chi connectivity index (χ4n) is 3.39. The first-order valence-electron chi connectivity index (χ1n) is 9.19. The van der Waals surface area contributed by atoms with Crippen molar-refractivity contribution in [3.05, 3.63) is 57.8 Å². The van der Waals surface area contributed by atoms with Crippen molar-refractivity contribution in [2.45, 2.75) is 12.2 Å². The minimum Gasteiger partial charge on any atom is -0.464 e. The number of ether oxygens (including phenoxy) is 2. The molecule has 2 amide bonds. The Kier molecular flexibility index (Phi) is 5.38. The molecule has 0 saturated carbocycles. The molecule has 9 nitrogen and oxygen atoms in total. The number of halogens is 3.